The van der Waals surface area contributed by atoms with Crippen LogP contribution < -0.4 is 5.32 Å². The monoisotopic (exact) mass is 368 g/mol. The highest BCUT2D eigenvalue weighted by Crippen LogP contribution is 2.23. The Morgan fingerprint density at radius 1 is 0.786 bits per heavy atom. The van der Waals surface area contributed by atoms with Crippen LogP contribution in [0.1, 0.15) is 18.3 Å². The molecule has 6 heteroatoms. The van der Waals surface area contributed by atoms with Crippen molar-refractivity contribution in [2.24, 2.45) is 0 Å². The molecule has 0 spiro atoms. The summed E-state index contributed by atoms with van der Waals surface area (Å²) in [6.07, 6.45) is 6.10. The molecule has 0 unspecified atom stereocenters. The van der Waals surface area contributed by atoms with Gasteiger partial charge in [0.05, 0.1) is 0 Å². The fourth-order valence-electron chi connectivity index (χ4n) is 2.81. The van der Waals surface area contributed by atoms with Gasteiger partial charge < -0.3 is 5.32 Å². The molecule has 0 saturated carbocycles. The number of hydrogen-bond donors (Lipinski definition) is 1. The fraction of sp³-hybridized carbons (Fsp3) is 0.136. The summed E-state index contributed by atoms with van der Waals surface area (Å²) in [4.78, 5) is 22.2. The number of rotatable bonds is 5. The van der Waals surface area contributed by atoms with Gasteiger partial charge in [-0.05, 0) is 55.8 Å². The second-order valence-electron chi connectivity index (χ2n) is 6.38. The van der Waals surface area contributed by atoms with Gasteiger partial charge in [-0.1, -0.05) is 6.92 Å². The molecule has 4 aromatic rings. The van der Waals surface area contributed by atoms with Gasteiger partial charge in [-0.3, -0.25) is 4.98 Å². The lowest BCUT2D eigenvalue weighted by Crippen LogP contribution is -2.01. The number of nitrogens with one attached hydrogen (secondary N) is 1. The van der Waals surface area contributed by atoms with Gasteiger partial charge in [0.1, 0.15) is 5.82 Å². The molecule has 138 valence electrons. The Balaban J connectivity index is 1.60. The zero-order valence-electron chi connectivity index (χ0n) is 15.8. The van der Waals surface area contributed by atoms with Crippen LogP contribution >= 0.6 is 0 Å². The molecule has 0 radical (unpaired) electrons. The molecule has 0 bridgehead atoms. The zero-order chi connectivity index (χ0) is 19.3. The molecule has 1 N–H and O–H groups in total. The van der Waals surface area contributed by atoms with Crippen molar-refractivity contribution in [3.63, 3.8) is 0 Å². The summed E-state index contributed by atoms with van der Waals surface area (Å²) in [5, 5.41) is 3.37. The third-order valence-electron chi connectivity index (χ3n) is 4.29. The predicted octanol–water partition coefficient (Wildman–Crippen LogP) is 4.61. The highest BCUT2D eigenvalue weighted by Gasteiger charge is 2.07. The van der Waals surface area contributed by atoms with Gasteiger partial charge in [0.2, 0.25) is 0 Å². The third kappa shape index (κ3) is 4.01. The molecule has 1 aromatic carbocycles. The third-order valence-corrected chi connectivity index (χ3v) is 4.29. The maximum atomic E-state index is 4.66. The topological polar surface area (TPSA) is 76.5 Å². The highest BCUT2D eigenvalue weighted by atomic mass is 15.0. The van der Waals surface area contributed by atoms with Crippen molar-refractivity contribution in [1.29, 1.82) is 0 Å². The largest absolute Gasteiger partial charge is 0.340 e. The Hall–Kier alpha value is -3.67. The first-order valence-corrected chi connectivity index (χ1v) is 9.17. The van der Waals surface area contributed by atoms with E-state index in [1.165, 1.54) is 0 Å². The lowest BCUT2D eigenvalue weighted by molar-refractivity contribution is 1.01. The fourth-order valence-corrected chi connectivity index (χ4v) is 2.81. The first kappa shape index (κ1) is 17.7. The first-order valence-electron chi connectivity index (χ1n) is 9.17. The number of pyridine rings is 1. The summed E-state index contributed by atoms with van der Waals surface area (Å²) in [6, 6.07) is 15.7. The van der Waals surface area contributed by atoms with Crippen LogP contribution in [0, 0.1) is 6.92 Å². The summed E-state index contributed by atoms with van der Waals surface area (Å²) in [7, 11) is 0. The minimum Gasteiger partial charge on any atom is -0.340 e. The Bertz CT molecular complexity index is 1080. The number of nitrogens with zero attached hydrogens (tertiary/aromatic N) is 5. The number of aryl methyl sites for hydroxylation is 2. The second kappa shape index (κ2) is 7.92. The number of aromatic nitrogens is 5. The van der Waals surface area contributed by atoms with Crippen LogP contribution in [0.5, 0.6) is 0 Å². The average Bonchev–Trinajstić information content (AvgIpc) is 2.74. The maximum absolute atomic E-state index is 4.66. The Morgan fingerprint density at radius 3 is 2.25 bits per heavy atom. The predicted molar refractivity (Wildman–Crippen MR) is 110 cm³/mol. The van der Waals surface area contributed by atoms with Crippen molar-refractivity contribution in [3.8, 4) is 22.8 Å². The average molecular weight is 368 g/mol. The molecule has 0 amide bonds. The van der Waals surface area contributed by atoms with E-state index in [9.17, 15) is 0 Å². The summed E-state index contributed by atoms with van der Waals surface area (Å²) in [5.41, 5.74) is 4.79. The smallest absolute Gasteiger partial charge is 0.161 e. The molecule has 3 heterocycles. The van der Waals surface area contributed by atoms with Gasteiger partial charge in [-0.15, -0.1) is 0 Å². The van der Waals surface area contributed by atoms with Crippen molar-refractivity contribution >= 4 is 11.5 Å². The first-order chi connectivity index (χ1) is 13.7. The summed E-state index contributed by atoms with van der Waals surface area (Å²) in [5.74, 6) is 2.18. The van der Waals surface area contributed by atoms with Crippen molar-refractivity contribution < 1.29 is 0 Å². The Kier molecular flexibility index (Phi) is 5.01. The molecule has 0 aliphatic rings. The van der Waals surface area contributed by atoms with E-state index in [-0.39, 0.29) is 0 Å². The van der Waals surface area contributed by atoms with Crippen LogP contribution in [0.4, 0.5) is 11.5 Å². The van der Waals surface area contributed by atoms with E-state index in [0.717, 1.165) is 46.3 Å². The summed E-state index contributed by atoms with van der Waals surface area (Å²) < 4.78 is 0. The van der Waals surface area contributed by atoms with Crippen LogP contribution in [-0.2, 0) is 6.42 Å². The Morgan fingerprint density at radius 2 is 1.54 bits per heavy atom. The van der Waals surface area contributed by atoms with Gasteiger partial charge in [-0.2, -0.15) is 0 Å². The standard InChI is InChI=1S/C22H20N6/c1-3-18-14-20(28-22(27-18)17-9-11-23-12-10-17)26-19-6-4-16(5-7-19)21-24-13-8-15(2)25-21/h4-14H,3H2,1-2H3,(H,26,27,28). The summed E-state index contributed by atoms with van der Waals surface area (Å²) in [6.45, 7) is 4.04. The minimum atomic E-state index is 0.689. The molecule has 6 nitrogen and oxygen atoms in total. The van der Waals surface area contributed by atoms with Gasteiger partial charge in [-0.25, -0.2) is 19.9 Å². The van der Waals surface area contributed by atoms with E-state index < -0.39 is 0 Å². The van der Waals surface area contributed by atoms with Crippen molar-refractivity contribution in [2.75, 3.05) is 5.32 Å². The van der Waals surface area contributed by atoms with Gasteiger partial charge in [0, 0.05) is 52.9 Å². The quantitative estimate of drug-likeness (QED) is 0.554. The van der Waals surface area contributed by atoms with E-state index in [0.29, 0.717) is 5.82 Å². The van der Waals surface area contributed by atoms with Crippen LogP contribution in [0.15, 0.2) is 67.1 Å². The van der Waals surface area contributed by atoms with Crippen LogP contribution in [0.25, 0.3) is 22.8 Å². The van der Waals surface area contributed by atoms with E-state index in [2.05, 4.69) is 37.2 Å². The molecule has 0 saturated heterocycles. The maximum Gasteiger partial charge on any atom is 0.161 e. The van der Waals surface area contributed by atoms with Crippen LogP contribution in [-0.4, -0.2) is 24.9 Å². The van der Waals surface area contributed by atoms with Crippen LogP contribution in [0.3, 0.4) is 0 Å². The molecule has 28 heavy (non-hydrogen) atoms. The van der Waals surface area contributed by atoms with E-state index in [4.69, 9.17) is 0 Å². The molecule has 3 aromatic heterocycles. The van der Waals surface area contributed by atoms with Gasteiger partial charge in [0.25, 0.3) is 0 Å². The Labute approximate surface area is 163 Å². The molecule has 4 rings (SSSR count). The molecular weight excluding hydrogens is 348 g/mol. The molecular formula is C22H20N6. The SMILES string of the molecule is CCc1cc(Nc2ccc(-c3nccc(C)n3)cc2)nc(-c2ccncc2)n1. The normalized spacial score (nSPS) is 10.6. The highest BCUT2D eigenvalue weighted by molar-refractivity contribution is 5.65. The van der Waals surface area contributed by atoms with Gasteiger partial charge in [0.15, 0.2) is 11.6 Å². The molecule has 0 fully saturated rings. The molecule has 0 aliphatic carbocycles. The lowest BCUT2D eigenvalue weighted by Gasteiger charge is -2.10. The van der Waals surface area contributed by atoms with E-state index >= 15 is 0 Å². The minimum absolute atomic E-state index is 0.689. The molecule has 0 aliphatic heterocycles. The summed E-state index contributed by atoms with van der Waals surface area (Å²) >= 11 is 0. The number of hydrogen-bond acceptors (Lipinski definition) is 6. The van der Waals surface area contributed by atoms with Crippen molar-refractivity contribution in [2.45, 2.75) is 20.3 Å². The van der Waals surface area contributed by atoms with Gasteiger partial charge >= 0.3 is 0 Å². The second-order valence-corrected chi connectivity index (χ2v) is 6.38. The lowest BCUT2D eigenvalue weighted by atomic mass is 10.2. The van der Waals surface area contributed by atoms with Crippen molar-refractivity contribution in [3.05, 3.63) is 78.5 Å². The number of anilines is 2. The zero-order valence-corrected chi connectivity index (χ0v) is 15.8. The molecule has 0 atom stereocenters. The van der Waals surface area contributed by atoms with Crippen molar-refractivity contribution in [1.82, 2.24) is 24.9 Å². The van der Waals surface area contributed by atoms with E-state index in [1.54, 1.807) is 18.6 Å². The van der Waals surface area contributed by atoms with E-state index in [1.807, 2.05) is 55.5 Å². The number of benzene rings is 1. The van der Waals surface area contributed by atoms with Crippen LogP contribution in [0.2, 0.25) is 0 Å².